The second kappa shape index (κ2) is 3.95. The van der Waals surface area contributed by atoms with Crippen LogP contribution in [0.15, 0.2) is 11.9 Å². The van der Waals surface area contributed by atoms with E-state index in [0.717, 1.165) is 12.5 Å². The van der Waals surface area contributed by atoms with Crippen molar-refractivity contribution in [3.63, 3.8) is 0 Å². The van der Waals surface area contributed by atoms with Crippen LogP contribution >= 0.6 is 0 Å². The minimum Gasteiger partial charge on any atom is -0.382 e. The van der Waals surface area contributed by atoms with Gasteiger partial charge in [-0.1, -0.05) is 0 Å². The van der Waals surface area contributed by atoms with Crippen molar-refractivity contribution >= 4 is 9.84 Å². The summed E-state index contributed by atoms with van der Waals surface area (Å²) in [6.45, 7) is 0.589. The summed E-state index contributed by atoms with van der Waals surface area (Å²) in [4.78, 5) is 9.60. The maximum absolute atomic E-state index is 11.3. The number of nitrogens with one attached hydrogen (secondary N) is 1. The molecule has 0 aliphatic carbocycles. The van der Waals surface area contributed by atoms with Gasteiger partial charge in [0.1, 0.15) is 10.9 Å². The van der Waals surface area contributed by atoms with Gasteiger partial charge in [-0.2, -0.15) is 0 Å². The molecule has 1 heterocycles. The second-order valence-corrected chi connectivity index (χ2v) is 5.49. The van der Waals surface area contributed by atoms with E-state index in [9.17, 15) is 18.5 Å². The normalized spacial score (nSPS) is 25.8. The van der Waals surface area contributed by atoms with Gasteiger partial charge in [-0.25, -0.2) is 8.42 Å². The molecule has 0 radical (unpaired) electrons. The van der Waals surface area contributed by atoms with E-state index in [1.54, 1.807) is 0 Å². The van der Waals surface area contributed by atoms with Crippen molar-refractivity contribution in [3.05, 3.63) is 22.0 Å². The van der Waals surface area contributed by atoms with Gasteiger partial charge < -0.3 is 5.32 Å². The first-order valence-electron chi connectivity index (χ1n) is 4.19. The average molecular weight is 220 g/mol. The molecule has 0 aromatic heterocycles. The second-order valence-electron chi connectivity index (χ2n) is 3.26. The topological polar surface area (TPSA) is 89.3 Å². The molecule has 1 saturated heterocycles. The van der Waals surface area contributed by atoms with Gasteiger partial charge in [0, 0.05) is 12.8 Å². The quantitative estimate of drug-likeness (QED) is 0.518. The molecular formula is C7H12N2O4S. The van der Waals surface area contributed by atoms with Gasteiger partial charge in [0.25, 0.3) is 6.20 Å². The van der Waals surface area contributed by atoms with E-state index in [4.69, 9.17) is 0 Å². The standard InChI is InChI=1S/C7H12N2O4S/c1-14(12,13)7-3-2-4-8-6(7)5-9(10)11/h5,7-8H,2-4H2,1H3. The molecule has 1 unspecified atom stereocenters. The van der Waals surface area contributed by atoms with Gasteiger partial charge in [-0.3, -0.25) is 10.1 Å². The molecule has 1 aliphatic rings. The van der Waals surface area contributed by atoms with Gasteiger partial charge in [-0.15, -0.1) is 0 Å². The van der Waals surface area contributed by atoms with E-state index >= 15 is 0 Å². The zero-order chi connectivity index (χ0) is 10.8. The minimum atomic E-state index is -3.26. The van der Waals surface area contributed by atoms with Gasteiger partial charge in [0.05, 0.1) is 4.92 Å². The molecule has 0 bridgehead atoms. The molecule has 1 rings (SSSR count). The van der Waals surface area contributed by atoms with E-state index in [2.05, 4.69) is 5.32 Å². The Balaban J connectivity index is 2.96. The van der Waals surface area contributed by atoms with Crippen molar-refractivity contribution in [3.8, 4) is 0 Å². The van der Waals surface area contributed by atoms with Crippen LogP contribution in [0.4, 0.5) is 0 Å². The molecule has 1 aliphatic heterocycles. The third-order valence-corrected chi connectivity index (χ3v) is 3.60. The predicted molar refractivity (Wildman–Crippen MR) is 50.9 cm³/mol. The monoisotopic (exact) mass is 220 g/mol. The first-order valence-corrected chi connectivity index (χ1v) is 6.14. The SMILES string of the molecule is CS(=O)(=O)C1CCCNC1=C[N+](=O)[O-]. The van der Waals surface area contributed by atoms with Crippen molar-refractivity contribution < 1.29 is 13.3 Å². The van der Waals surface area contributed by atoms with Crippen LogP contribution < -0.4 is 5.32 Å². The number of hydrogen-bond acceptors (Lipinski definition) is 5. The Morgan fingerprint density at radius 2 is 2.29 bits per heavy atom. The first kappa shape index (κ1) is 11.0. The van der Waals surface area contributed by atoms with Crippen LogP contribution in [0.1, 0.15) is 12.8 Å². The average Bonchev–Trinajstić information content (AvgIpc) is 2.01. The first-order chi connectivity index (χ1) is 6.41. The van der Waals surface area contributed by atoms with Crippen molar-refractivity contribution in [2.24, 2.45) is 0 Å². The predicted octanol–water partition coefficient (Wildman–Crippen LogP) is -0.0989. The molecule has 1 atom stereocenters. The Morgan fingerprint density at radius 3 is 2.79 bits per heavy atom. The maximum atomic E-state index is 11.3. The smallest absolute Gasteiger partial charge is 0.254 e. The van der Waals surface area contributed by atoms with Crippen LogP contribution in [0.5, 0.6) is 0 Å². The van der Waals surface area contributed by atoms with Crippen molar-refractivity contribution in [2.75, 3.05) is 12.8 Å². The molecule has 6 nitrogen and oxygen atoms in total. The summed E-state index contributed by atoms with van der Waals surface area (Å²) in [6.07, 6.45) is 3.00. The number of rotatable bonds is 2. The summed E-state index contributed by atoms with van der Waals surface area (Å²) in [5.41, 5.74) is 0.198. The van der Waals surface area contributed by atoms with E-state index in [0.29, 0.717) is 19.4 Å². The lowest BCUT2D eigenvalue weighted by atomic mass is 10.1. The third-order valence-electron chi connectivity index (χ3n) is 2.08. The van der Waals surface area contributed by atoms with Crippen LogP contribution in [0.2, 0.25) is 0 Å². The molecular weight excluding hydrogens is 208 g/mol. The zero-order valence-corrected chi connectivity index (χ0v) is 8.58. The summed E-state index contributed by atoms with van der Waals surface area (Å²) in [5, 5.41) is 12.2. The Morgan fingerprint density at radius 1 is 1.64 bits per heavy atom. The molecule has 0 aromatic rings. The third kappa shape index (κ3) is 2.69. The summed E-state index contributed by atoms with van der Waals surface area (Å²) in [6, 6.07) is 0. The molecule has 80 valence electrons. The molecule has 1 fully saturated rings. The lowest BCUT2D eigenvalue weighted by Crippen LogP contribution is -2.36. The fourth-order valence-corrected chi connectivity index (χ4v) is 2.68. The minimum absolute atomic E-state index is 0.198. The summed E-state index contributed by atoms with van der Waals surface area (Å²) in [5.74, 6) is 0. The van der Waals surface area contributed by atoms with Crippen molar-refractivity contribution in [1.82, 2.24) is 5.32 Å². The number of nitrogens with zero attached hydrogens (tertiary/aromatic N) is 1. The van der Waals surface area contributed by atoms with Crippen molar-refractivity contribution in [1.29, 1.82) is 0 Å². The molecule has 0 amide bonds. The Hall–Kier alpha value is -1.11. The number of sulfone groups is 1. The largest absolute Gasteiger partial charge is 0.382 e. The van der Waals surface area contributed by atoms with Crippen LogP contribution in [-0.4, -0.2) is 31.4 Å². The zero-order valence-electron chi connectivity index (χ0n) is 7.76. The van der Waals surface area contributed by atoms with Gasteiger partial charge >= 0.3 is 0 Å². The molecule has 0 aromatic carbocycles. The highest BCUT2D eigenvalue weighted by molar-refractivity contribution is 7.91. The molecule has 7 heteroatoms. The van der Waals surface area contributed by atoms with E-state index in [1.807, 2.05) is 0 Å². The Kier molecular flexibility index (Phi) is 3.10. The number of piperidine rings is 1. The summed E-state index contributed by atoms with van der Waals surface area (Å²) < 4.78 is 22.5. The maximum Gasteiger partial charge on any atom is 0.254 e. The van der Waals surface area contributed by atoms with Gasteiger partial charge in [-0.05, 0) is 12.8 Å². The highest BCUT2D eigenvalue weighted by Gasteiger charge is 2.29. The Labute approximate surface area is 82.1 Å². The van der Waals surface area contributed by atoms with Crippen LogP contribution in [0.25, 0.3) is 0 Å². The fourth-order valence-electron chi connectivity index (χ4n) is 1.48. The summed E-state index contributed by atoms with van der Waals surface area (Å²) in [7, 11) is -3.26. The number of nitro groups is 1. The summed E-state index contributed by atoms with van der Waals surface area (Å²) >= 11 is 0. The molecule has 0 saturated carbocycles. The van der Waals surface area contributed by atoms with Crippen molar-refractivity contribution in [2.45, 2.75) is 18.1 Å². The van der Waals surface area contributed by atoms with E-state index < -0.39 is 20.0 Å². The molecule has 1 N–H and O–H groups in total. The molecule has 14 heavy (non-hydrogen) atoms. The van der Waals surface area contributed by atoms with Crippen LogP contribution in [0.3, 0.4) is 0 Å². The highest BCUT2D eigenvalue weighted by atomic mass is 32.2. The lowest BCUT2D eigenvalue weighted by Gasteiger charge is -2.23. The Bertz CT molecular complexity index is 360. The van der Waals surface area contributed by atoms with Gasteiger partial charge in [0.2, 0.25) is 0 Å². The van der Waals surface area contributed by atoms with Crippen LogP contribution in [0, 0.1) is 10.1 Å². The van der Waals surface area contributed by atoms with Gasteiger partial charge in [0.15, 0.2) is 9.84 Å². The number of hydrogen-bond donors (Lipinski definition) is 1. The lowest BCUT2D eigenvalue weighted by molar-refractivity contribution is -0.403. The van der Waals surface area contributed by atoms with Crippen LogP contribution in [-0.2, 0) is 9.84 Å². The van der Waals surface area contributed by atoms with E-state index in [1.165, 1.54) is 0 Å². The molecule has 0 spiro atoms. The highest BCUT2D eigenvalue weighted by Crippen LogP contribution is 2.19. The fraction of sp³-hybridized carbons (Fsp3) is 0.714. The van der Waals surface area contributed by atoms with E-state index in [-0.39, 0.29) is 5.70 Å².